The van der Waals surface area contributed by atoms with Gasteiger partial charge in [-0.15, -0.1) is 0 Å². The van der Waals surface area contributed by atoms with Crippen molar-refractivity contribution < 1.29 is 65.0 Å². The van der Waals surface area contributed by atoms with Crippen molar-refractivity contribution in [3.63, 3.8) is 0 Å². The molecule has 0 bridgehead atoms. The third-order valence-corrected chi connectivity index (χ3v) is 1.50. The summed E-state index contributed by atoms with van der Waals surface area (Å²) in [5.74, 6) is -1.98. The van der Waals surface area contributed by atoms with Crippen LogP contribution in [0.4, 0.5) is 0 Å². The van der Waals surface area contributed by atoms with Gasteiger partial charge in [0.25, 0.3) is 0 Å². The third kappa shape index (κ3) is 7.09. The van der Waals surface area contributed by atoms with Gasteiger partial charge in [0.2, 0.25) is 0 Å². The van der Waals surface area contributed by atoms with Gasteiger partial charge in [0.05, 0.1) is 12.6 Å². The van der Waals surface area contributed by atoms with Crippen LogP contribution in [0.3, 0.4) is 0 Å². The van der Waals surface area contributed by atoms with E-state index >= 15 is 0 Å². The van der Waals surface area contributed by atoms with Crippen LogP contribution >= 0.6 is 0 Å². The Morgan fingerprint density at radius 1 is 1.13 bits per heavy atom. The molecule has 0 unspecified atom stereocenters. The number of aliphatic carboxylic acids is 1. The van der Waals surface area contributed by atoms with Crippen LogP contribution in [0, 0.1) is 0 Å². The summed E-state index contributed by atoms with van der Waals surface area (Å²) in [6.07, 6.45) is -8.08. The maximum absolute atomic E-state index is 9.98. The summed E-state index contributed by atoms with van der Waals surface area (Å²) in [6, 6.07) is 0. The van der Waals surface area contributed by atoms with E-state index in [1.165, 1.54) is 0 Å². The summed E-state index contributed by atoms with van der Waals surface area (Å²) >= 11 is 0. The Morgan fingerprint density at radius 2 is 1.53 bits per heavy atom. The molecule has 0 aromatic carbocycles. The van der Waals surface area contributed by atoms with E-state index in [0.717, 1.165) is 0 Å². The molecule has 0 aliphatic heterocycles. The van der Waals surface area contributed by atoms with Crippen molar-refractivity contribution in [2.24, 2.45) is 0 Å². The van der Waals surface area contributed by atoms with Gasteiger partial charge < -0.3 is 35.4 Å². The zero-order chi connectivity index (χ0) is 10.6. The molecule has 0 heterocycles. The van der Waals surface area contributed by atoms with E-state index in [4.69, 9.17) is 25.5 Å². The number of carboxylic acid groups (broad SMARTS) is 1. The minimum Gasteiger partial charge on any atom is -0.547 e. The SMILES string of the molecule is O=C([O-])[C@H](O)[C@@H](O)[C@H](O)[C@H](O)CO.[Na+].[Sb+3]. The van der Waals surface area contributed by atoms with E-state index < -0.39 is 37.0 Å². The summed E-state index contributed by atoms with van der Waals surface area (Å²) in [6.45, 7) is -0.863. The quantitative estimate of drug-likeness (QED) is 0.313. The summed E-state index contributed by atoms with van der Waals surface area (Å²) in [5.41, 5.74) is 0. The molecule has 0 saturated heterocycles. The van der Waals surface area contributed by atoms with Crippen molar-refractivity contribution in [2.45, 2.75) is 24.4 Å². The van der Waals surface area contributed by atoms with Crippen LogP contribution in [0.1, 0.15) is 0 Å². The van der Waals surface area contributed by atoms with Gasteiger partial charge in [-0.3, -0.25) is 0 Å². The molecule has 80 valence electrons. The fraction of sp³-hybridized carbons (Fsp3) is 0.833. The van der Waals surface area contributed by atoms with E-state index in [1.54, 1.807) is 0 Å². The largest absolute Gasteiger partial charge is 3.00 e. The van der Waals surface area contributed by atoms with Gasteiger partial charge in [-0.2, -0.15) is 0 Å². The number of hydrogen-bond donors (Lipinski definition) is 5. The number of rotatable bonds is 5. The maximum Gasteiger partial charge on any atom is 3.00 e. The van der Waals surface area contributed by atoms with Crippen molar-refractivity contribution in [2.75, 3.05) is 6.61 Å². The Kier molecular flexibility index (Phi) is 14.6. The molecule has 15 heavy (non-hydrogen) atoms. The van der Waals surface area contributed by atoms with Gasteiger partial charge in [-0.05, 0) is 0 Å². The molecule has 0 aromatic rings. The molecular formula is C6H11NaO7Sb+3. The molecule has 0 rings (SSSR count). The fourth-order valence-corrected chi connectivity index (χ4v) is 0.662. The molecule has 9 heteroatoms. The molecule has 0 saturated carbocycles. The van der Waals surface area contributed by atoms with Gasteiger partial charge in [-0.1, -0.05) is 0 Å². The van der Waals surface area contributed by atoms with E-state index in [9.17, 15) is 9.90 Å². The molecule has 0 amide bonds. The van der Waals surface area contributed by atoms with Crippen molar-refractivity contribution in [3.05, 3.63) is 0 Å². The first-order chi connectivity index (χ1) is 5.91. The fourth-order valence-electron chi connectivity index (χ4n) is 0.662. The van der Waals surface area contributed by atoms with E-state index in [-0.39, 0.29) is 54.0 Å². The Balaban J connectivity index is -0.000000720. The van der Waals surface area contributed by atoms with Crippen molar-refractivity contribution >= 4 is 30.4 Å². The zero-order valence-corrected chi connectivity index (χ0v) is 12.6. The number of aliphatic hydroxyl groups excluding tert-OH is 5. The predicted octanol–water partition coefficient (Wildman–Crippen LogP) is -8.20. The van der Waals surface area contributed by atoms with E-state index in [2.05, 4.69) is 0 Å². The minimum absolute atomic E-state index is 0. The van der Waals surface area contributed by atoms with Crippen LogP contribution in [-0.2, 0) is 4.79 Å². The molecule has 0 aliphatic rings. The smallest absolute Gasteiger partial charge is 0.547 e. The van der Waals surface area contributed by atoms with E-state index in [0.29, 0.717) is 0 Å². The summed E-state index contributed by atoms with van der Waals surface area (Å²) in [4.78, 5) is 9.98. The number of carbonyl (C=O) groups is 1. The average molecular weight is 340 g/mol. The maximum atomic E-state index is 9.98. The Labute approximate surface area is 125 Å². The van der Waals surface area contributed by atoms with Crippen LogP contribution in [0.15, 0.2) is 0 Å². The number of carbonyl (C=O) groups excluding carboxylic acids is 1. The summed E-state index contributed by atoms with van der Waals surface area (Å²) in [7, 11) is 0. The van der Waals surface area contributed by atoms with Gasteiger partial charge in [0.15, 0.2) is 0 Å². The van der Waals surface area contributed by atoms with E-state index in [1.807, 2.05) is 0 Å². The first kappa shape index (κ1) is 21.4. The Hall–Kier alpha value is 1.09. The van der Waals surface area contributed by atoms with Gasteiger partial charge in [0.1, 0.15) is 24.4 Å². The standard InChI is InChI=1S/C6H12O7.Na.Sb/c7-1-2(8)3(9)4(10)5(11)6(12)13;;/h2-5,7-11H,1H2,(H,12,13);;/q;+1;+3/p-1/t2-,3-,4+,5-;;/m1../s1. The second-order valence-corrected chi connectivity index (χ2v) is 2.49. The van der Waals surface area contributed by atoms with Gasteiger partial charge >= 0.3 is 54.0 Å². The molecular weight excluding hydrogens is 329 g/mol. The third-order valence-electron chi connectivity index (χ3n) is 1.50. The molecule has 4 atom stereocenters. The molecule has 0 aliphatic carbocycles. The number of aliphatic hydroxyl groups is 5. The first-order valence-corrected chi connectivity index (χ1v) is 3.45. The average Bonchev–Trinajstić information content (AvgIpc) is 2.12. The molecule has 0 spiro atoms. The molecule has 2 radical (unpaired) electrons. The second kappa shape index (κ2) is 10.3. The molecule has 0 fully saturated rings. The zero-order valence-electron chi connectivity index (χ0n) is 8.02. The molecule has 7 nitrogen and oxygen atoms in total. The number of hydrogen-bond acceptors (Lipinski definition) is 7. The van der Waals surface area contributed by atoms with Gasteiger partial charge in [0, 0.05) is 0 Å². The summed E-state index contributed by atoms with van der Waals surface area (Å²) in [5, 5.41) is 53.4. The van der Waals surface area contributed by atoms with Crippen molar-refractivity contribution in [1.29, 1.82) is 0 Å². The Bertz CT molecular complexity index is 181. The molecule has 0 aromatic heterocycles. The summed E-state index contributed by atoms with van der Waals surface area (Å²) < 4.78 is 0. The van der Waals surface area contributed by atoms with Crippen LogP contribution in [0.2, 0.25) is 0 Å². The van der Waals surface area contributed by atoms with Crippen LogP contribution in [-0.4, -0.2) is 87.0 Å². The molecule has 5 N–H and O–H groups in total. The monoisotopic (exact) mass is 339 g/mol. The topological polar surface area (TPSA) is 141 Å². The van der Waals surface area contributed by atoms with Crippen LogP contribution < -0.4 is 34.7 Å². The predicted molar refractivity (Wildman–Crippen MR) is 41.9 cm³/mol. The van der Waals surface area contributed by atoms with Crippen molar-refractivity contribution in [3.8, 4) is 0 Å². The van der Waals surface area contributed by atoms with Gasteiger partial charge in [-0.25, -0.2) is 0 Å². The van der Waals surface area contributed by atoms with Crippen LogP contribution in [0.25, 0.3) is 0 Å². The minimum atomic E-state index is -2.31. The van der Waals surface area contributed by atoms with Crippen molar-refractivity contribution in [1.82, 2.24) is 0 Å². The Morgan fingerprint density at radius 3 is 1.80 bits per heavy atom. The number of carboxylic acids is 1. The normalized spacial score (nSPS) is 17.7. The second-order valence-electron chi connectivity index (χ2n) is 2.49. The van der Waals surface area contributed by atoms with Crippen LogP contribution in [0.5, 0.6) is 0 Å². The first-order valence-electron chi connectivity index (χ1n) is 3.45.